The lowest BCUT2D eigenvalue weighted by molar-refractivity contribution is -0.384. The van der Waals surface area contributed by atoms with Crippen LogP contribution in [0.4, 0.5) is 5.69 Å². The predicted octanol–water partition coefficient (Wildman–Crippen LogP) is 1.36. The molecule has 0 aromatic heterocycles. The molecule has 1 aliphatic heterocycles. The number of para-hydroxylation sites is 1. The van der Waals surface area contributed by atoms with Crippen molar-refractivity contribution in [2.24, 2.45) is 0 Å². The van der Waals surface area contributed by atoms with Crippen molar-refractivity contribution in [2.75, 3.05) is 0 Å². The minimum Gasteiger partial charge on any atom is -0.480 e. The summed E-state index contributed by atoms with van der Waals surface area (Å²) in [4.78, 5) is 34.0. The smallest absolute Gasteiger partial charge is 0.279 e. The molecule has 1 atom stereocenters. The van der Waals surface area contributed by atoms with Crippen molar-refractivity contribution >= 4 is 17.5 Å². The van der Waals surface area contributed by atoms with Crippen molar-refractivity contribution in [2.45, 2.75) is 12.5 Å². The molecular formula is C16H13N3O5. The molecule has 0 radical (unpaired) electrons. The highest BCUT2D eigenvalue weighted by Crippen LogP contribution is 2.27. The lowest BCUT2D eigenvalue weighted by atomic mass is 10.1. The third-order valence-corrected chi connectivity index (χ3v) is 3.58. The quantitative estimate of drug-likeness (QED) is 0.653. The van der Waals surface area contributed by atoms with E-state index in [1.807, 2.05) is 18.2 Å². The zero-order valence-corrected chi connectivity index (χ0v) is 12.4. The Hall–Kier alpha value is -3.42. The Labute approximate surface area is 136 Å². The summed E-state index contributed by atoms with van der Waals surface area (Å²) >= 11 is 0. The Kier molecular flexibility index (Phi) is 4.11. The van der Waals surface area contributed by atoms with Crippen LogP contribution in [-0.4, -0.2) is 22.8 Å². The number of nitrogens with zero attached hydrogens (tertiary/aromatic N) is 1. The zero-order chi connectivity index (χ0) is 17.1. The van der Waals surface area contributed by atoms with Crippen molar-refractivity contribution in [1.82, 2.24) is 10.9 Å². The van der Waals surface area contributed by atoms with Crippen LogP contribution >= 0.6 is 0 Å². The van der Waals surface area contributed by atoms with E-state index in [2.05, 4.69) is 10.9 Å². The van der Waals surface area contributed by atoms with Gasteiger partial charge in [-0.25, -0.2) is 0 Å². The number of ether oxygens (including phenoxy) is 1. The van der Waals surface area contributed by atoms with E-state index < -0.39 is 22.8 Å². The van der Waals surface area contributed by atoms with Crippen LogP contribution in [0.25, 0.3) is 0 Å². The van der Waals surface area contributed by atoms with Crippen molar-refractivity contribution in [3.05, 3.63) is 69.8 Å². The number of nitrogens with one attached hydrogen (secondary N) is 2. The van der Waals surface area contributed by atoms with Gasteiger partial charge in [0.1, 0.15) is 5.75 Å². The molecule has 0 saturated heterocycles. The maximum absolute atomic E-state index is 12.1. The monoisotopic (exact) mass is 327 g/mol. The third-order valence-electron chi connectivity index (χ3n) is 3.58. The van der Waals surface area contributed by atoms with Gasteiger partial charge in [-0.05, 0) is 23.8 Å². The number of rotatable bonds is 3. The number of hydrazine groups is 1. The third kappa shape index (κ3) is 3.17. The van der Waals surface area contributed by atoms with Crippen LogP contribution in [-0.2, 0) is 11.2 Å². The maximum Gasteiger partial charge on any atom is 0.279 e. The molecule has 0 aliphatic carbocycles. The van der Waals surface area contributed by atoms with E-state index in [1.165, 1.54) is 24.3 Å². The molecule has 3 rings (SSSR count). The molecule has 0 saturated carbocycles. The fourth-order valence-electron chi connectivity index (χ4n) is 2.33. The van der Waals surface area contributed by atoms with Gasteiger partial charge in [-0.1, -0.05) is 18.2 Å². The van der Waals surface area contributed by atoms with E-state index in [1.54, 1.807) is 6.07 Å². The van der Waals surface area contributed by atoms with Gasteiger partial charge in [0.25, 0.3) is 17.5 Å². The van der Waals surface area contributed by atoms with Gasteiger partial charge in [-0.2, -0.15) is 0 Å². The summed E-state index contributed by atoms with van der Waals surface area (Å²) in [5, 5.41) is 10.6. The Morgan fingerprint density at radius 3 is 2.46 bits per heavy atom. The molecule has 8 heteroatoms. The predicted molar refractivity (Wildman–Crippen MR) is 83.3 cm³/mol. The van der Waals surface area contributed by atoms with Crippen molar-refractivity contribution in [3.8, 4) is 5.75 Å². The van der Waals surface area contributed by atoms with Gasteiger partial charge in [0.05, 0.1) is 4.92 Å². The van der Waals surface area contributed by atoms with Crippen LogP contribution in [0.3, 0.4) is 0 Å². The Morgan fingerprint density at radius 1 is 1.08 bits per heavy atom. The van der Waals surface area contributed by atoms with Crippen LogP contribution in [0.2, 0.25) is 0 Å². The largest absolute Gasteiger partial charge is 0.480 e. The summed E-state index contributed by atoms with van der Waals surface area (Å²) in [7, 11) is 0. The molecule has 1 aliphatic rings. The van der Waals surface area contributed by atoms with E-state index in [4.69, 9.17) is 4.74 Å². The average molecular weight is 327 g/mol. The molecule has 2 aromatic rings. The minimum atomic E-state index is -0.709. The van der Waals surface area contributed by atoms with Crippen LogP contribution in [0, 0.1) is 10.1 Å². The number of carbonyl (C=O) groups is 2. The molecule has 0 fully saturated rings. The number of non-ortho nitro benzene ring substituents is 1. The molecule has 1 heterocycles. The molecule has 2 amide bonds. The van der Waals surface area contributed by atoms with Gasteiger partial charge in [0.2, 0.25) is 0 Å². The highest BCUT2D eigenvalue weighted by molar-refractivity contribution is 5.96. The number of nitro groups is 1. The first-order chi connectivity index (χ1) is 11.5. The zero-order valence-electron chi connectivity index (χ0n) is 12.4. The van der Waals surface area contributed by atoms with Crippen molar-refractivity contribution in [1.29, 1.82) is 0 Å². The molecule has 2 aromatic carbocycles. The van der Waals surface area contributed by atoms with Gasteiger partial charge in [-0.15, -0.1) is 0 Å². The Morgan fingerprint density at radius 2 is 1.79 bits per heavy atom. The number of carbonyl (C=O) groups excluding carboxylic acids is 2. The van der Waals surface area contributed by atoms with Crippen LogP contribution in [0.1, 0.15) is 15.9 Å². The van der Waals surface area contributed by atoms with E-state index in [-0.39, 0.29) is 11.3 Å². The fourth-order valence-corrected chi connectivity index (χ4v) is 2.33. The van der Waals surface area contributed by atoms with Crippen LogP contribution in [0.5, 0.6) is 5.75 Å². The number of amides is 2. The molecule has 0 unspecified atom stereocenters. The number of nitro benzene ring substituents is 1. The number of fused-ring (bicyclic) bond motifs is 1. The summed E-state index contributed by atoms with van der Waals surface area (Å²) in [5.74, 6) is -0.394. The minimum absolute atomic E-state index is 0.118. The number of hydrogen-bond donors (Lipinski definition) is 2. The second-order valence-corrected chi connectivity index (χ2v) is 5.17. The summed E-state index contributed by atoms with van der Waals surface area (Å²) in [6.07, 6.45) is -0.283. The molecule has 24 heavy (non-hydrogen) atoms. The van der Waals surface area contributed by atoms with Gasteiger partial charge in [0, 0.05) is 24.1 Å². The molecule has 2 N–H and O–H groups in total. The molecule has 0 bridgehead atoms. The summed E-state index contributed by atoms with van der Waals surface area (Å²) in [5.41, 5.74) is 5.56. The summed E-state index contributed by atoms with van der Waals surface area (Å²) in [6.45, 7) is 0. The van der Waals surface area contributed by atoms with E-state index in [9.17, 15) is 19.7 Å². The molecule has 0 spiro atoms. The fraction of sp³-hybridized carbons (Fsp3) is 0.125. The van der Waals surface area contributed by atoms with Crippen molar-refractivity contribution < 1.29 is 19.2 Å². The summed E-state index contributed by atoms with van der Waals surface area (Å²) < 4.78 is 5.51. The number of hydrogen-bond acceptors (Lipinski definition) is 5. The lowest BCUT2D eigenvalue weighted by Crippen LogP contribution is -2.47. The Bertz CT molecular complexity index is 779. The van der Waals surface area contributed by atoms with Gasteiger partial charge in [0.15, 0.2) is 6.10 Å². The molecule has 8 nitrogen and oxygen atoms in total. The van der Waals surface area contributed by atoms with E-state index >= 15 is 0 Å². The first kappa shape index (κ1) is 15.5. The number of benzene rings is 2. The van der Waals surface area contributed by atoms with Crippen molar-refractivity contribution in [3.63, 3.8) is 0 Å². The van der Waals surface area contributed by atoms with Gasteiger partial charge >= 0.3 is 0 Å². The van der Waals surface area contributed by atoms with E-state index in [0.29, 0.717) is 12.2 Å². The molecular weight excluding hydrogens is 314 g/mol. The maximum atomic E-state index is 12.1. The van der Waals surface area contributed by atoms with Crippen LogP contribution in [0.15, 0.2) is 48.5 Å². The SMILES string of the molecule is O=C(NNC(=O)[C@H]1Cc2ccccc2O1)c1ccc([N+](=O)[O-])cc1. The highest BCUT2D eigenvalue weighted by atomic mass is 16.6. The van der Waals surface area contributed by atoms with E-state index in [0.717, 1.165) is 5.56 Å². The molecule has 122 valence electrons. The first-order valence-corrected chi connectivity index (χ1v) is 7.14. The first-order valence-electron chi connectivity index (χ1n) is 7.14. The normalized spacial score (nSPS) is 15.1. The van der Waals surface area contributed by atoms with Gasteiger partial charge in [-0.3, -0.25) is 30.6 Å². The average Bonchev–Trinajstić information content (AvgIpc) is 3.03. The standard InChI is InChI=1S/C16H13N3O5/c20-15(10-5-7-12(8-6-10)19(22)23)17-18-16(21)14-9-11-3-1-2-4-13(11)24-14/h1-8,14H,9H2,(H,17,20)(H,18,21)/t14-/m1/s1. The second-order valence-electron chi connectivity index (χ2n) is 5.17. The topological polar surface area (TPSA) is 111 Å². The lowest BCUT2D eigenvalue weighted by Gasteiger charge is -2.12. The summed E-state index contributed by atoms with van der Waals surface area (Å²) in [6, 6.07) is 12.4. The van der Waals surface area contributed by atoms with Gasteiger partial charge < -0.3 is 4.74 Å². The van der Waals surface area contributed by atoms with Crippen LogP contribution < -0.4 is 15.6 Å². The Balaban J connectivity index is 1.55. The highest BCUT2D eigenvalue weighted by Gasteiger charge is 2.29. The second kappa shape index (κ2) is 6.37.